The average Bonchev–Trinajstić information content (AvgIpc) is 3.04. The van der Waals surface area contributed by atoms with Crippen LogP contribution in [0.5, 0.6) is 11.5 Å². The Morgan fingerprint density at radius 2 is 1.97 bits per heavy atom. The third-order valence-electron chi connectivity index (χ3n) is 5.08. The third kappa shape index (κ3) is 5.15. The number of fused-ring (bicyclic) bond motifs is 1. The molecule has 0 aliphatic carbocycles. The number of carbonyl (C=O) groups is 2. The SMILES string of the molecule is COc1ccc(CCC(=O)OCC(=O)N2c3ccc(S(N)(=O)=O)cc3C[C@H]2C)cc1O. The number of hydrogen-bond acceptors (Lipinski definition) is 7. The highest BCUT2D eigenvalue weighted by Crippen LogP contribution is 2.33. The molecule has 0 radical (unpaired) electrons. The Hall–Kier alpha value is -3.11. The molecule has 0 saturated carbocycles. The maximum atomic E-state index is 12.7. The number of anilines is 1. The molecule has 0 bridgehead atoms. The molecule has 0 unspecified atom stereocenters. The number of phenolic OH excluding ortho intramolecular Hbond substituents is 1. The maximum absolute atomic E-state index is 12.7. The highest BCUT2D eigenvalue weighted by atomic mass is 32.2. The van der Waals surface area contributed by atoms with Crippen LogP contribution in [0.25, 0.3) is 0 Å². The summed E-state index contributed by atoms with van der Waals surface area (Å²) in [5.74, 6) is -0.616. The highest BCUT2D eigenvalue weighted by molar-refractivity contribution is 7.89. The van der Waals surface area contributed by atoms with Crippen LogP contribution in [0.1, 0.15) is 24.5 Å². The van der Waals surface area contributed by atoms with Crippen molar-refractivity contribution in [2.75, 3.05) is 18.6 Å². The summed E-state index contributed by atoms with van der Waals surface area (Å²) in [4.78, 5) is 26.2. The summed E-state index contributed by atoms with van der Waals surface area (Å²) in [5, 5.41) is 15.0. The van der Waals surface area contributed by atoms with E-state index in [1.54, 1.807) is 12.1 Å². The van der Waals surface area contributed by atoms with Crippen molar-refractivity contribution in [2.45, 2.75) is 37.1 Å². The van der Waals surface area contributed by atoms with E-state index in [0.717, 1.165) is 5.56 Å². The monoisotopic (exact) mass is 448 g/mol. The molecule has 1 aliphatic heterocycles. The first-order valence-corrected chi connectivity index (χ1v) is 11.1. The van der Waals surface area contributed by atoms with E-state index in [1.165, 1.54) is 36.3 Å². The van der Waals surface area contributed by atoms with Crippen molar-refractivity contribution in [1.82, 2.24) is 0 Å². The minimum atomic E-state index is -3.83. The van der Waals surface area contributed by atoms with Gasteiger partial charge in [0, 0.05) is 18.2 Å². The van der Waals surface area contributed by atoms with E-state index in [-0.39, 0.29) is 23.1 Å². The van der Waals surface area contributed by atoms with E-state index in [1.807, 2.05) is 6.92 Å². The summed E-state index contributed by atoms with van der Waals surface area (Å²) >= 11 is 0. The summed E-state index contributed by atoms with van der Waals surface area (Å²) in [6.45, 7) is 1.40. The van der Waals surface area contributed by atoms with Crippen molar-refractivity contribution in [1.29, 1.82) is 0 Å². The molecule has 3 N–H and O–H groups in total. The minimum absolute atomic E-state index is 0.0104. The number of esters is 1. The fourth-order valence-electron chi connectivity index (χ4n) is 3.59. The Morgan fingerprint density at radius 1 is 1.23 bits per heavy atom. The van der Waals surface area contributed by atoms with Crippen LogP contribution in [-0.2, 0) is 37.2 Å². The number of methoxy groups -OCH3 is 1. The second kappa shape index (κ2) is 8.94. The van der Waals surface area contributed by atoms with Crippen molar-refractivity contribution in [2.24, 2.45) is 5.14 Å². The lowest BCUT2D eigenvalue weighted by Gasteiger charge is -2.22. The van der Waals surface area contributed by atoms with Crippen LogP contribution in [0.4, 0.5) is 5.69 Å². The van der Waals surface area contributed by atoms with Gasteiger partial charge in [-0.1, -0.05) is 6.07 Å². The molecule has 0 saturated heterocycles. The molecule has 1 aliphatic rings. The van der Waals surface area contributed by atoms with Gasteiger partial charge in [-0.2, -0.15) is 0 Å². The van der Waals surface area contributed by atoms with Gasteiger partial charge in [0.05, 0.1) is 12.0 Å². The first-order chi connectivity index (χ1) is 14.6. The Bertz CT molecular complexity index is 1110. The second-order valence-electron chi connectivity index (χ2n) is 7.32. The molecule has 2 aromatic carbocycles. The molecule has 31 heavy (non-hydrogen) atoms. The molecule has 10 heteroatoms. The van der Waals surface area contributed by atoms with Gasteiger partial charge >= 0.3 is 5.97 Å². The smallest absolute Gasteiger partial charge is 0.306 e. The summed E-state index contributed by atoms with van der Waals surface area (Å²) in [6.07, 6.45) is 0.853. The Kier molecular flexibility index (Phi) is 6.51. The molecule has 166 valence electrons. The quantitative estimate of drug-likeness (QED) is 0.613. The van der Waals surface area contributed by atoms with Crippen molar-refractivity contribution < 1.29 is 32.6 Å². The van der Waals surface area contributed by atoms with Crippen LogP contribution in [0.2, 0.25) is 0 Å². The second-order valence-corrected chi connectivity index (χ2v) is 8.88. The number of amides is 1. The maximum Gasteiger partial charge on any atom is 0.306 e. The zero-order valence-electron chi connectivity index (χ0n) is 17.2. The lowest BCUT2D eigenvalue weighted by Crippen LogP contribution is -2.38. The number of benzene rings is 2. The van der Waals surface area contributed by atoms with Crippen LogP contribution in [0.3, 0.4) is 0 Å². The summed E-state index contributed by atoms with van der Waals surface area (Å²) in [7, 11) is -2.39. The number of primary sulfonamides is 1. The fraction of sp³-hybridized carbons (Fsp3) is 0.333. The number of ether oxygens (including phenoxy) is 2. The predicted octanol–water partition coefficient (Wildman–Crippen LogP) is 1.50. The van der Waals surface area contributed by atoms with E-state index in [0.29, 0.717) is 29.8 Å². The molecule has 1 amide bonds. The number of phenols is 1. The number of rotatable bonds is 7. The third-order valence-corrected chi connectivity index (χ3v) is 5.99. The van der Waals surface area contributed by atoms with E-state index in [9.17, 15) is 23.1 Å². The topological polar surface area (TPSA) is 136 Å². The molecular formula is C21H24N2O7S. The van der Waals surface area contributed by atoms with Crippen molar-refractivity contribution >= 4 is 27.6 Å². The number of nitrogens with zero attached hydrogens (tertiary/aromatic N) is 1. The molecule has 0 spiro atoms. The Labute approximate surface area is 180 Å². The molecule has 9 nitrogen and oxygen atoms in total. The molecule has 0 fully saturated rings. The highest BCUT2D eigenvalue weighted by Gasteiger charge is 2.32. The van der Waals surface area contributed by atoms with Crippen LogP contribution in [-0.4, -0.2) is 45.2 Å². The van der Waals surface area contributed by atoms with Crippen LogP contribution in [0.15, 0.2) is 41.3 Å². The lowest BCUT2D eigenvalue weighted by atomic mass is 10.1. The van der Waals surface area contributed by atoms with Crippen molar-refractivity contribution in [3.8, 4) is 11.5 Å². The lowest BCUT2D eigenvalue weighted by molar-refractivity contribution is -0.147. The number of carbonyl (C=O) groups excluding carboxylic acids is 2. The zero-order valence-corrected chi connectivity index (χ0v) is 18.0. The van der Waals surface area contributed by atoms with Gasteiger partial charge in [0.1, 0.15) is 0 Å². The first kappa shape index (κ1) is 22.6. The molecule has 1 heterocycles. The average molecular weight is 448 g/mol. The Balaban J connectivity index is 1.57. The van der Waals surface area contributed by atoms with E-state index < -0.39 is 28.5 Å². The standard InChI is InChI=1S/C21H24N2O7S/c1-13-9-15-11-16(31(22,27)28)5-6-17(15)23(13)20(25)12-30-21(26)8-4-14-3-7-19(29-2)18(24)10-14/h3,5-7,10-11,13,24H,4,8-9,12H2,1-2H3,(H2,22,27,28)/t13-/m1/s1. The number of nitrogens with two attached hydrogens (primary N) is 1. The number of sulfonamides is 1. The van der Waals surface area contributed by atoms with Gasteiger partial charge in [0.15, 0.2) is 18.1 Å². The van der Waals surface area contributed by atoms with Gasteiger partial charge < -0.3 is 19.5 Å². The van der Waals surface area contributed by atoms with E-state index in [2.05, 4.69) is 0 Å². The van der Waals surface area contributed by atoms with Crippen molar-refractivity contribution in [3.05, 3.63) is 47.5 Å². The van der Waals surface area contributed by atoms with Gasteiger partial charge in [-0.25, -0.2) is 13.6 Å². The van der Waals surface area contributed by atoms with Crippen LogP contribution in [0, 0.1) is 0 Å². The van der Waals surface area contributed by atoms with Gasteiger partial charge in [0.2, 0.25) is 10.0 Å². The molecule has 2 aromatic rings. The summed E-state index contributed by atoms with van der Waals surface area (Å²) in [5.41, 5.74) is 2.00. The van der Waals surface area contributed by atoms with E-state index >= 15 is 0 Å². The summed E-state index contributed by atoms with van der Waals surface area (Å²) < 4.78 is 33.2. The molecule has 3 rings (SSSR count). The zero-order chi connectivity index (χ0) is 22.8. The summed E-state index contributed by atoms with van der Waals surface area (Å²) in [6, 6.07) is 8.99. The number of aryl methyl sites for hydroxylation is 1. The van der Waals surface area contributed by atoms with Crippen LogP contribution >= 0.6 is 0 Å². The molecular weight excluding hydrogens is 424 g/mol. The van der Waals surface area contributed by atoms with Gasteiger partial charge in [0.25, 0.3) is 5.91 Å². The van der Waals surface area contributed by atoms with E-state index in [4.69, 9.17) is 14.6 Å². The number of hydrogen-bond donors (Lipinski definition) is 2. The number of aromatic hydroxyl groups is 1. The minimum Gasteiger partial charge on any atom is -0.504 e. The molecule has 1 atom stereocenters. The van der Waals surface area contributed by atoms with Gasteiger partial charge in [-0.3, -0.25) is 9.59 Å². The normalized spacial score (nSPS) is 15.5. The largest absolute Gasteiger partial charge is 0.504 e. The fourth-order valence-corrected chi connectivity index (χ4v) is 4.15. The van der Waals surface area contributed by atoms with Gasteiger partial charge in [-0.05, 0) is 61.2 Å². The molecule has 0 aromatic heterocycles. The first-order valence-electron chi connectivity index (χ1n) is 9.59. The Morgan fingerprint density at radius 3 is 2.61 bits per heavy atom. The van der Waals surface area contributed by atoms with Gasteiger partial charge in [-0.15, -0.1) is 0 Å². The predicted molar refractivity (Wildman–Crippen MR) is 112 cm³/mol. The van der Waals surface area contributed by atoms with Crippen molar-refractivity contribution in [3.63, 3.8) is 0 Å². The van der Waals surface area contributed by atoms with Crippen LogP contribution < -0.4 is 14.8 Å².